The Bertz CT molecular complexity index is 751. The third-order valence-electron chi connectivity index (χ3n) is 4.05. The molecule has 0 atom stereocenters. The molecule has 0 bridgehead atoms. The summed E-state index contributed by atoms with van der Waals surface area (Å²) in [5.74, 6) is -2.41. The zero-order chi connectivity index (χ0) is 19.1. The monoisotopic (exact) mass is 363 g/mol. The molecule has 1 fully saturated rings. The number of nitrogens with one attached hydrogen (secondary N) is 1. The molecule has 8 heteroatoms. The van der Waals surface area contributed by atoms with Crippen LogP contribution in [0.15, 0.2) is 30.0 Å². The molecular formula is C18H19F2N3O3. The maximum Gasteiger partial charge on any atom is 0.309 e. The molecule has 0 aromatic heterocycles. The summed E-state index contributed by atoms with van der Waals surface area (Å²) in [6, 6.07) is 4.59. The average molecular weight is 363 g/mol. The number of carbonyl (C=O) groups is 2. The molecule has 0 unspecified atom stereocenters. The third kappa shape index (κ3) is 4.79. The van der Waals surface area contributed by atoms with Gasteiger partial charge in [0.15, 0.2) is 0 Å². The standard InChI is InChI=1S/C18H19F2N3O3/c1-2-26-18(25)12-5-7-23(8-6-12)17(24)13(10-21)11-22-16-9-14(19)3-4-15(16)20/h3-4,9,11-12,22H,2,5-8H2,1H3/b13-11-. The average Bonchev–Trinajstić information content (AvgIpc) is 2.65. The van der Waals surface area contributed by atoms with Gasteiger partial charge >= 0.3 is 5.97 Å². The molecule has 2 rings (SSSR count). The number of ether oxygens (including phenoxy) is 1. The fourth-order valence-corrected chi connectivity index (χ4v) is 2.65. The van der Waals surface area contributed by atoms with Crippen molar-refractivity contribution in [2.24, 2.45) is 5.92 Å². The van der Waals surface area contributed by atoms with Crippen LogP contribution < -0.4 is 5.32 Å². The van der Waals surface area contributed by atoms with Gasteiger partial charge in [-0.2, -0.15) is 5.26 Å². The van der Waals surface area contributed by atoms with Gasteiger partial charge in [-0.1, -0.05) is 0 Å². The van der Waals surface area contributed by atoms with Crippen molar-refractivity contribution >= 4 is 17.6 Å². The van der Waals surface area contributed by atoms with Crippen LogP contribution in [0.4, 0.5) is 14.5 Å². The number of benzene rings is 1. The first kappa shape index (κ1) is 19.4. The summed E-state index contributed by atoms with van der Waals surface area (Å²) in [4.78, 5) is 25.6. The van der Waals surface area contributed by atoms with Gasteiger partial charge in [0.1, 0.15) is 23.3 Å². The largest absolute Gasteiger partial charge is 0.466 e. The van der Waals surface area contributed by atoms with Gasteiger partial charge in [-0.15, -0.1) is 0 Å². The first-order valence-electron chi connectivity index (χ1n) is 8.24. The Balaban J connectivity index is 2.00. The minimum Gasteiger partial charge on any atom is -0.466 e. The first-order chi connectivity index (χ1) is 12.5. The van der Waals surface area contributed by atoms with Crippen molar-refractivity contribution in [3.05, 3.63) is 41.6 Å². The summed E-state index contributed by atoms with van der Waals surface area (Å²) in [7, 11) is 0. The molecule has 26 heavy (non-hydrogen) atoms. The number of nitriles is 1. The van der Waals surface area contributed by atoms with E-state index in [9.17, 15) is 23.6 Å². The van der Waals surface area contributed by atoms with Crippen LogP contribution >= 0.6 is 0 Å². The smallest absolute Gasteiger partial charge is 0.309 e. The molecule has 1 saturated heterocycles. The van der Waals surface area contributed by atoms with E-state index in [-0.39, 0.29) is 23.1 Å². The third-order valence-corrected chi connectivity index (χ3v) is 4.05. The van der Waals surface area contributed by atoms with Crippen molar-refractivity contribution in [2.45, 2.75) is 19.8 Å². The summed E-state index contributed by atoms with van der Waals surface area (Å²) >= 11 is 0. The topological polar surface area (TPSA) is 82.4 Å². The number of esters is 1. The van der Waals surface area contributed by atoms with Crippen LogP contribution in [0.1, 0.15) is 19.8 Å². The maximum atomic E-state index is 13.6. The van der Waals surface area contributed by atoms with Gasteiger partial charge in [0.2, 0.25) is 0 Å². The molecule has 0 radical (unpaired) electrons. The van der Waals surface area contributed by atoms with Gasteiger partial charge in [0.25, 0.3) is 5.91 Å². The molecule has 1 heterocycles. The molecule has 1 amide bonds. The Kier molecular flexibility index (Phi) is 6.67. The molecule has 138 valence electrons. The van der Waals surface area contributed by atoms with Gasteiger partial charge in [-0.05, 0) is 31.9 Å². The zero-order valence-corrected chi connectivity index (χ0v) is 14.3. The highest BCUT2D eigenvalue weighted by Crippen LogP contribution is 2.20. The quantitative estimate of drug-likeness (QED) is 0.494. The lowest BCUT2D eigenvalue weighted by Gasteiger charge is -2.30. The van der Waals surface area contributed by atoms with E-state index in [0.29, 0.717) is 32.5 Å². The summed E-state index contributed by atoms with van der Waals surface area (Å²) in [6.45, 7) is 2.67. The normalized spacial score (nSPS) is 15.3. The number of likely N-dealkylation sites (tertiary alicyclic amines) is 1. The van der Waals surface area contributed by atoms with Crippen LogP contribution in [0.5, 0.6) is 0 Å². The van der Waals surface area contributed by atoms with Crippen LogP contribution in [0.3, 0.4) is 0 Å². The zero-order valence-electron chi connectivity index (χ0n) is 14.3. The van der Waals surface area contributed by atoms with Crippen molar-refractivity contribution in [3.63, 3.8) is 0 Å². The second kappa shape index (κ2) is 8.94. The Labute approximate surface area is 150 Å². The number of nitrogens with zero attached hydrogens (tertiary/aromatic N) is 2. The predicted molar refractivity (Wildman–Crippen MR) is 89.6 cm³/mol. The van der Waals surface area contributed by atoms with E-state index >= 15 is 0 Å². The highest BCUT2D eigenvalue weighted by molar-refractivity contribution is 5.97. The van der Waals surface area contributed by atoms with Crippen LogP contribution in [-0.4, -0.2) is 36.5 Å². The van der Waals surface area contributed by atoms with E-state index in [2.05, 4.69) is 5.32 Å². The molecule has 1 aromatic carbocycles. The molecule has 0 aliphatic carbocycles. The molecule has 1 aliphatic heterocycles. The van der Waals surface area contributed by atoms with Gasteiger partial charge in [-0.3, -0.25) is 9.59 Å². The maximum absolute atomic E-state index is 13.6. The second-order valence-electron chi connectivity index (χ2n) is 5.76. The Hall–Kier alpha value is -2.95. The number of piperidine rings is 1. The number of hydrogen-bond acceptors (Lipinski definition) is 5. The van der Waals surface area contributed by atoms with Gasteiger partial charge in [0.05, 0.1) is 18.2 Å². The lowest BCUT2D eigenvalue weighted by Crippen LogP contribution is -2.41. The number of rotatable bonds is 5. The lowest BCUT2D eigenvalue weighted by atomic mass is 9.96. The number of carbonyl (C=O) groups excluding carboxylic acids is 2. The SMILES string of the molecule is CCOC(=O)C1CCN(C(=O)/C(C#N)=C\Nc2cc(F)ccc2F)CC1. The number of anilines is 1. The number of amides is 1. The van der Waals surface area contributed by atoms with Crippen LogP contribution in [-0.2, 0) is 14.3 Å². The summed E-state index contributed by atoms with van der Waals surface area (Å²) in [5, 5.41) is 11.6. The molecule has 1 N–H and O–H groups in total. The molecule has 0 spiro atoms. The lowest BCUT2D eigenvalue weighted by molar-refractivity contribution is -0.150. The van der Waals surface area contributed by atoms with E-state index in [0.717, 1.165) is 24.4 Å². The van der Waals surface area contributed by atoms with Crippen molar-refractivity contribution in [2.75, 3.05) is 25.0 Å². The van der Waals surface area contributed by atoms with Gasteiger partial charge in [-0.25, -0.2) is 8.78 Å². The van der Waals surface area contributed by atoms with Crippen molar-refractivity contribution in [3.8, 4) is 6.07 Å². The van der Waals surface area contributed by atoms with Crippen molar-refractivity contribution in [1.29, 1.82) is 5.26 Å². The molecular weight excluding hydrogens is 344 g/mol. The highest BCUT2D eigenvalue weighted by Gasteiger charge is 2.29. The van der Waals surface area contributed by atoms with Crippen LogP contribution in [0, 0.1) is 28.9 Å². The van der Waals surface area contributed by atoms with E-state index in [1.807, 2.05) is 0 Å². The van der Waals surface area contributed by atoms with E-state index in [1.165, 1.54) is 4.90 Å². The van der Waals surface area contributed by atoms with E-state index in [4.69, 9.17) is 4.74 Å². The summed E-state index contributed by atoms with van der Waals surface area (Å²) in [5.41, 5.74) is -0.408. The van der Waals surface area contributed by atoms with E-state index < -0.39 is 17.5 Å². The predicted octanol–water partition coefficient (Wildman–Crippen LogP) is 2.59. The fourth-order valence-electron chi connectivity index (χ4n) is 2.65. The van der Waals surface area contributed by atoms with Crippen molar-refractivity contribution in [1.82, 2.24) is 4.90 Å². The van der Waals surface area contributed by atoms with Crippen LogP contribution in [0.25, 0.3) is 0 Å². The number of hydrogen-bond donors (Lipinski definition) is 1. The van der Waals surface area contributed by atoms with Crippen molar-refractivity contribution < 1.29 is 23.1 Å². The Morgan fingerprint density at radius 3 is 2.69 bits per heavy atom. The summed E-state index contributed by atoms with van der Waals surface area (Å²) < 4.78 is 31.7. The minimum absolute atomic E-state index is 0.174. The van der Waals surface area contributed by atoms with E-state index in [1.54, 1.807) is 13.0 Å². The molecule has 1 aromatic rings. The summed E-state index contributed by atoms with van der Waals surface area (Å²) in [6.07, 6.45) is 1.96. The highest BCUT2D eigenvalue weighted by atomic mass is 19.1. The molecule has 1 aliphatic rings. The Morgan fingerprint density at radius 1 is 1.38 bits per heavy atom. The van der Waals surface area contributed by atoms with Gasteiger partial charge in [0, 0.05) is 25.4 Å². The Morgan fingerprint density at radius 2 is 2.08 bits per heavy atom. The fraction of sp³-hybridized carbons (Fsp3) is 0.389. The molecule has 0 saturated carbocycles. The second-order valence-corrected chi connectivity index (χ2v) is 5.76. The number of halogens is 2. The first-order valence-corrected chi connectivity index (χ1v) is 8.24. The van der Waals surface area contributed by atoms with Crippen LogP contribution in [0.2, 0.25) is 0 Å². The molecule has 6 nitrogen and oxygen atoms in total. The van der Waals surface area contributed by atoms with Gasteiger partial charge < -0.3 is 15.0 Å². The minimum atomic E-state index is -0.706.